The molecular weight excluding hydrogens is 486 g/mol. The van der Waals surface area contributed by atoms with Crippen molar-refractivity contribution in [3.63, 3.8) is 0 Å². The average molecular weight is 492 g/mol. The molecule has 0 spiro atoms. The van der Waals surface area contributed by atoms with Crippen LogP contribution in [0.4, 0.5) is 0 Å². The summed E-state index contributed by atoms with van der Waals surface area (Å²) in [6.07, 6.45) is 0. The second-order valence-corrected chi connectivity index (χ2v) is 8.28. The molecule has 0 saturated heterocycles. The van der Waals surface area contributed by atoms with Gasteiger partial charge in [-0.25, -0.2) is 16.8 Å². The van der Waals surface area contributed by atoms with E-state index < -0.39 is 30.0 Å². The van der Waals surface area contributed by atoms with Gasteiger partial charge in [-0.1, -0.05) is 58.5 Å². The fraction of sp³-hybridized carbons (Fsp3) is 0. The van der Waals surface area contributed by atoms with Crippen LogP contribution in [0.2, 0.25) is 20.1 Å². The van der Waals surface area contributed by atoms with E-state index in [0.717, 1.165) is 12.1 Å². The molecular formula is C12H6CaCl4O6S2. The molecule has 132 valence electrons. The van der Waals surface area contributed by atoms with Crippen LogP contribution >= 0.6 is 46.4 Å². The third kappa shape index (κ3) is 7.67. The first-order valence-corrected chi connectivity index (χ1v) is 9.98. The summed E-state index contributed by atoms with van der Waals surface area (Å²) in [7, 11) is -9.04. The first-order valence-electron chi connectivity index (χ1n) is 5.65. The van der Waals surface area contributed by atoms with Gasteiger partial charge in [0.2, 0.25) is 0 Å². The van der Waals surface area contributed by atoms with Crippen LogP contribution in [-0.4, -0.2) is 63.7 Å². The molecule has 0 bridgehead atoms. The van der Waals surface area contributed by atoms with Crippen LogP contribution in [0.5, 0.6) is 0 Å². The molecule has 2 aromatic rings. The fourth-order valence-electron chi connectivity index (χ4n) is 1.35. The van der Waals surface area contributed by atoms with Crippen molar-refractivity contribution in [1.29, 1.82) is 0 Å². The quantitative estimate of drug-likeness (QED) is 0.469. The van der Waals surface area contributed by atoms with Crippen molar-refractivity contribution in [1.82, 2.24) is 0 Å². The summed E-state index contributed by atoms with van der Waals surface area (Å²) in [5, 5.41) is -0.356. The van der Waals surface area contributed by atoms with E-state index in [1.165, 1.54) is 24.3 Å². The Morgan fingerprint density at radius 1 is 0.640 bits per heavy atom. The predicted molar refractivity (Wildman–Crippen MR) is 94.6 cm³/mol. The summed E-state index contributed by atoms with van der Waals surface area (Å²) in [4.78, 5) is -0.978. The van der Waals surface area contributed by atoms with Gasteiger partial charge in [-0.2, -0.15) is 0 Å². The van der Waals surface area contributed by atoms with Gasteiger partial charge in [-0.3, -0.25) is 0 Å². The molecule has 6 nitrogen and oxygen atoms in total. The number of rotatable bonds is 2. The maximum absolute atomic E-state index is 10.5. The number of halogens is 4. The standard InChI is InChI=1S/2C6H4Cl2O3S.Ca/c2*7-4-2-1-3-5(6(4)8)12(9,10)11;/h2*1-3H,(H,9,10,11);/q;;+2/p-2. The fourth-order valence-corrected chi connectivity index (χ4v) is 3.78. The van der Waals surface area contributed by atoms with E-state index in [2.05, 4.69) is 0 Å². The molecule has 0 heterocycles. The van der Waals surface area contributed by atoms with Gasteiger partial charge < -0.3 is 9.11 Å². The molecule has 2 rings (SSSR count). The second kappa shape index (κ2) is 10.3. The number of hydrogen-bond acceptors (Lipinski definition) is 6. The smallest absolute Gasteiger partial charge is 0.744 e. The van der Waals surface area contributed by atoms with Crippen LogP contribution in [0, 0.1) is 0 Å². The van der Waals surface area contributed by atoms with Crippen LogP contribution in [0.3, 0.4) is 0 Å². The van der Waals surface area contributed by atoms with Gasteiger partial charge in [0.1, 0.15) is 20.2 Å². The molecule has 0 aromatic heterocycles. The minimum atomic E-state index is -4.52. The Kier molecular flexibility index (Phi) is 10.6. The largest absolute Gasteiger partial charge is 2.00 e. The zero-order chi connectivity index (χ0) is 18.7. The Hall–Kier alpha value is 0.680. The number of benzene rings is 2. The topological polar surface area (TPSA) is 114 Å². The van der Waals surface area contributed by atoms with Crippen molar-refractivity contribution in [2.75, 3.05) is 0 Å². The molecule has 0 amide bonds. The van der Waals surface area contributed by atoms with Crippen LogP contribution in [-0.2, 0) is 20.2 Å². The Balaban J connectivity index is 0.000000443. The summed E-state index contributed by atoms with van der Waals surface area (Å²) in [6.45, 7) is 0. The number of hydrogen-bond donors (Lipinski definition) is 0. The van der Waals surface area contributed by atoms with E-state index in [1.54, 1.807) is 0 Å². The SMILES string of the molecule is O=S(=O)([O-])c1cccc(Cl)c1Cl.O=S(=O)([O-])c1cccc(Cl)c1Cl.[Ca+2]. The maximum atomic E-state index is 10.5. The molecule has 0 saturated carbocycles. The first kappa shape index (κ1) is 25.7. The summed E-state index contributed by atoms with van der Waals surface area (Å²) in [5.41, 5.74) is 0. The molecule has 25 heavy (non-hydrogen) atoms. The van der Waals surface area contributed by atoms with Crippen LogP contribution in [0.25, 0.3) is 0 Å². The summed E-state index contributed by atoms with van der Waals surface area (Å²) < 4.78 is 63.0. The predicted octanol–water partition coefficient (Wildman–Crippen LogP) is 3.41. The van der Waals surface area contributed by atoms with E-state index in [0.29, 0.717) is 0 Å². The molecule has 0 aliphatic carbocycles. The third-order valence-corrected chi connectivity index (χ3v) is 5.99. The molecule has 0 N–H and O–H groups in total. The van der Waals surface area contributed by atoms with Gasteiger partial charge in [-0.05, 0) is 24.3 Å². The Morgan fingerprint density at radius 3 is 1.12 bits per heavy atom. The van der Waals surface area contributed by atoms with Crippen molar-refractivity contribution in [2.24, 2.45) is 0 Å². The molecule has 0 radical (unpaired) electrons. The molecule has 0 fully saturated rings. The Bertz CT molecular complexity index is 884. The van der Waals surface area contributed by atoms with Gasteiger partial charge in [0, 0.05) is 0 Å². The normalized spacial score (nSPS) is 11.1. The third-order valence-electron chi connectivity index (χ3n) is 2.37. The Labute approximate surface area is 194 Å². The minimum Gasteiger partial charge on any atom is -0.744 e. The van der Waals surface area contributed by atoms with E-state index in [4.69, 9.17) is 46.4 Å². The first-order chi connectivity index (χ1) is 10.9. The van der Waals surface area contributed by atoms with Crippen molar-refractivity contribution in [3.05, 3.63) is 56.5 Å². The van der Waals surface area contributed by atoms with Gasteiger partial charge in [0.15, 0.2) is 0 Å². The van der Waals surface area contributed by atoms with Crippen LogP contribution in [0.15, 0.2) is 46.2 Å². The zero-order valence-corrected chi connectivity index (χ0v) is 18.8. The molecule has 0 atom stereocenters. The zero-order valence-electron chi connectivity index (χ0n) is 11.9. The van der Waals surface area contributed by atoms with E-state index >= 15 is 0 Å². The summed E-state index contributed by atoms with van der Waals surface area (Å²) in [6, 6.07) is 7.71. The van der Waals surface area contributed by atoms with Crippen molar-refractivity contribution in [2.45, 2.75) is 9.79 Å². The second-order valence-electron chi connectivity index (χ2n) is 4.01. The average Bonchev–Trinajstić information content (AvgIpc) is 2.43. The molecule has 0 aliphatic heterocycles. The van der Waals surface area contributed by atoms with Crippen molar-refractivity contribution < 1.29 is 25.9 Å². The summed E-state index contributed by atoms with van der Waals surface area (Å²) >= 11 is 21.9. The van der Waals surface area contributed by atoms with Gasteiger partial charge in [0.25, 0.3) is 0 Å². The molecule has 13 heteroatoms. The monoisotopic (exact) mass is 490 g/mol. The van der Waals surface area contributed by atoms with E-state index in [1.807, 2.05) is 0 Å². The van der Waals surface area contributed by atoms with Crippen LogP contribution < -0.4 is 0 Å². The van der Waals surface area contributed by atoms with Gasteiger partial charge in [0.05, 0.1) is 29.9 Å². The maximum Gasteiger partial charge on any atom is 2.00 e. The van der Waals surface area contributed by atoms with Gasteiger partial charge in [-0.15, -0.1) is 0 Å². The molecule has 0 unspecified atom stereocenters. The molecule has 0 aliphatic rings. The molecule has 2 aromatic carbocycles. The van der Waals surface area contributed by atoms with E-state index in [9.17, 15) is 25.9 Å². The van der Waals surface area contributed by atoms with Crippen molar-refractivity contribution in [3.8, 4) is 0 Å². The van der Waals surface area contributed by atoms with E-state index in [-0.39, 0.29) is 57.8 Å². The van der Waals surface area contributed by atoms with Gasteiger partial charge >= 0.3 is 37.7 Å². The Morgan fingerprint density at radius 2 is 0.920 bits per heavy atom. The van der Waals surface area contributed by atoms with Crippen LogP contribution in [0.1, 0.15) is 0 Å². The summed E-state index contributed by atoms with van der Waals surface area (Å²) in [5.74, 6) is 0. The minimum absolute atomic E-state index is 0. The van der Waals surface area contributed by atoms with Crippen molar-refractivity contribution >= 4 is 104 Å².